The van der Waals surface area contributed by atoms with Crippen molar-refractivity contribution in [3.05, 3.63) is 23.5 Å². The highest BCUT2D eigenvalue weighted by Crippen LogP contribution is 2.40. The van der Waals surface area contributed by atoms with Crippen molar-refractivity contribution in [2.75, 3.05) is 14.1 Å². The molecule has 1 aliphatic carbocycles. The molecule has 4 heteroatoms. The fourth-order valence-electron chi connectivity index (χ4n) is 2.62. The normalized spacial score (nSPS) is 21.5. The molecule has 18 heavy (non-hydrogen) atoms. The second kappa shape index (κ2) is 4.43. The van der Waals surface area contributed by atoms with Crippen molar-refractivity contribution in [3.63, 3.8) is 0 Å². The Bertz CT molecular complexity index is 460. The van der Waals surface area contributed by atoms with Crippen LogP contribution in [0.2, 0.25) is 0 Å². The van der Waals surface area contributed by atoms with Gasteiger partial charge in [-0.15, -0.1) is 0 Å². The molecule has 0 saturated heterocycles. The number of likely N-dealkylation sites (N-methyl/N-ethyl adjacent to an activating group) is 1. The molecule has 1 unspecified atom stereocenters. The van der Waals surface area contributed by atoms with Crippen LogP contribution in [0.1, 0.15) is 37.6 Å². The molecule has 1 atom stereocenters. The molecule has 1 heterocycles. The van der Waals surface area contributed by atoms with Crippen LogP contribution in [-0.2, 0) is 17.8 Å². The van der Waals surface area contributed by atoms with Gasteiger partial charge in [0, 0.05) is 31.5 Å². The molecule has 1 N–H and O–H groups in total. The molecule has 1 aromatic rings. The molecular weight excluding hydrogens is 228 g/mol. The first-order valence-electron chi connectivity index (χ1n) is 6.36. The summed E-state index contributed by atoms with van der Waals surface area (Å²) in [6.45, 7) is 4.67. The molecule has 1 aromatic heterocycles. The molecule has 0 fully saturated rings. The largest absolute Gasteiger partial charge is 0.388 e. The molecule has 2 rings (SSSR count). The van der Waals surface area contributed by atoms with Crippen molar-refractivity contribution in [3.8, 4) is 0 Å². The summed E-state index contributed by atoms with van der Waals surface area (Å²) < 4.78 is 1.97. The number of fused-ring (bicyclic) bond motifs is 1. The minimum Gasteiger partial charge on any atom is -0.388 e. The van der Waals surface area contributed by atoms with Crippen molar-refractivity contribution in [1.82, 2.24) is 9.47 Å². The van der Waals surface area contributed by atoms with Gasteiger partial charge in [0.25, 0.3) is 0 Å². The molecule has 100 valence electrons. The van der Waals surface area contributed by atoms with Gasteiger partial charge >= 0.3 is 0 Å². The minimum absolute atomic E-state index is 0.0752. The van der Waals surface area contributed by atoms with E-state index in [-0.39, 0.29) is 11.3 Å². The lowest BCUT2D eigenvalue weighted by Crippen LogP contribution is -2.30. The monoisotopic (exact) mass is 250 g/mol. The summed E-state index contributed by atoms with van der Waals surface area (Å²) in [5, 5.41) is 10.1. The van der Waals surface area contributed by atoms with Crippen molar-refractivity contribution < 1.29 is 9.90 Å². The van der Waals surface area contributed by atoms with Crippen LogP contribution in [0, 0.1) is 5.41 Å². The van der Waals surface area contributed by atoms with Gasteiger partial charge in [0.15, 0.2) is 0 Å². The van der Waals surface area contributed by atoms with E-state index in [9.17, 15) is 9.90 Å². The van der Waals surface area contributed by atoms with Crippen LogP contribution in [0.5, 0.6) is 0 Å². The Morgan fingerprint density at radius 1 is 1.56 bits per heavy atom. The average Bonchev–Trinajstić information content (AvgIpc) is 2.59. The Kier molecular flexibility index (Phi) is 3.23. The summed E-state index contributed by atoms with van der Waals surface area (Å²) in [6, 6.07) is 1.94. The van der Waals surface area contributed by atoms with E-state index in [0.717, 1.165) is 24.1 Å². The van der Waals surface area contributed by atoms with Gasteiger partial charge in [-0.2, -0.15) is 0 Å². The van der Waals surface area contributed by atoms with Crippen LogP contribution in [0.15, 0.2) is 12.3 Å². The molecule has 0 radical (unpaired) electrons. The molecule has 0 bridgehead atoms. The number of aliphatic hydroxyl groups excluding tert-OH is 1. The Morgan fingerprint density at radius 2 is 2.22 bits per heavy atom. The van der Waals surface area contributed by atoms with Gasteiger partial charge in [0.05, 0.1) is 6.10 Å². The molecule has 4 nitrogen and oxygen atoms in total. The van der Waals surface area contributed by atoms with E-state index >= 15 is 0 Å². The molecular formula is C14H22N2O2. The number of aromatic nitrogens is 1. The fourth-order valence-corrected chi connectivity index (χ4v) is 2.62. The number of nitrogens with zero attached hydrogens (tertiary/aromatic N) is 2. The summed E-state index contributed by atoms with van der Waals surface area (Å²) in [5.41, 5.74) is 2.18. The topological polar surface area (TPSA) is 45.5 Å². The number of aliphatic hydroxyl groups is 1. The molecule has 0 aliphatic heterocycles. The summed E-state index contributed by atoms with van der Waals surface area (Å²) in [7, 11) is 3.52. The average molecular weight is 250 g/mol. The number of amides is 1. The lowest BCUT2D eigenvalue weighted by Gasteiger charge is -2.34. The maximum absolute atomic E-state index is 11.8. The highest BCUT2D eigenvalue weighted by Gasteiger charge is 2.33. The fraction of sp³-hybridized carbons (Fsp3) is 0.643. The standard InChI is InChI=1S/C14H22N2O2/c1-14(2)7-11-10(12(17)8-14)5-6-16(11)9-13(18)15(3)4/h5-6,12,17H,7-9H2,1-4H3. The lowest BCUT2D eigenvalue weighted by atomic mass is 9.75. The highest BCUT2D eigenvalue weighted by atomic mass is 16.3. The molecule has 1 aliphatic rings. The van der Waals surface area contributed by atoms with Crippen molar-refractivity contribution >= 4 is 5.91 Å². The lowest BCUT2D eigenvalue weighted by molar-refractivity contribution is -0.129. The zero-order valence-electron chi connectivity index (χ0n) is 11.6. The van der Waals surface area contributed by atoms with Crippen molar-refractivity contribution in [1.29, 1.82) is 0 Å². The number of rotatable bonds is 2. The zero-order valence-corrected chi connectivity index (χ0v) is 11.6. The van der Waals surface area contributed by atoms with Crippen LogP contribution in [0.3, 0.4) is 0 Å². The maximum atomic E-state index is 11.8. The van der Waals surface area contributed by atoms with E-state index < -0.39 is 6.10 Å². The van der Waals surface area contributed by atoms with E-state index in [1.807, 2.05) is 16.8 Å². The zero-order chi connectivity index (χ0) is 13.5. The number of hydrogen-bond donors (Lipinski definition) is 1. The van der Waals surface area contributed by atoms with Crippen molar-refractivity contribution in [2.24, 2.45) is 5.41 Å². The quantitative estimate of drug-likeness (QED) is 0.866. The highest BCUT2D eigenvalue weighted by molar-refractivity contribution is 5.75. The molecule has 0 spiro atoms. The maximum Gasteiger partial charge on any atom is 0.241 e. The van der Waals surface area contributed by atoms with E-state index in [2.05, 4.69) is 13.8 Å². The summed E-state index contributed by atoms with van der Waals surface area (Å²) >= 11 is 0. The predicted octanol–water partition coefficient (Wildman–Crippen LogP) is 1.58. The third-order valence-electron chi connectivity index (χ3n) is 3.67. The Morgan fingerprint density at radius 3 is 2.83 bits per heavy atom. The number of hydrogen-bond acceptors (Lipinski definition) is 2. The van der Waals surface area contributed by atoms with Gasteiger partial charge in [-0.3, -0.25) is 4.79 Å². The summed E-state index contributed by atoms with van der Waals surface area (Å²) in [6.07, 6.45) is 3.20. The van der Waals surface area contributed by atoms with Crippen LogP contribution < -0.4 is 0 Å². The van der Waals surface area contributed by atoms with Crippen LogP contribution in [-0.4, -0.2) is 34.6 Å². The smallest absolute Gasteiger partial charge is 0.241 e. The Labute approximate surface area is 108 Å². The first-order valence-corrected chi connectivity index (χ1v) is 6.36. The Balaban J connectivity index is 2.28. The number of carbonyl (C=O) groups is 1. The van der Waals surface area contributed by atoms with Crippen LogP contribution in [0.4, 0.5) is 0 Å². The van der Waals surface area contributed by atoms with Crippen molar-refractivity contribution in [2.45, 2.75) is 39.3 Å². The molecule has 0 aromatic carbocycles. The van der Waals surface area contributed by atoms with Gasteiger partial charge < -0.3 is 14.6 Å². The van der Waals surface area contributed by atoms with E-state index in [1.54, 1.807) is 19.0 Å². The van der Waals surface area contributed by atoms with E-state index in [1.165, 1.54) is 0 Å². The molecule has 1 amide bonds. The predicted molar refractivity (Wildman–Crippen MR) is 70.2 cm³/mol. The van der Waals surface area contributed by atoms with Gasteiger partial charge in [-0.25, -0.2) is 0 Å². The summed E-state index contributed by atoms with van der Waals surface area (Å²) in [5.74, 6) is 0.0752. The van der Waals surface area contributed by atoms with Crippen LogP contribution in [0.25, 0.3) is 0 Å². The van der Waals surface area contributed by atoms with Gasteiger partial charge in [-0.1, -0.05) is 13.8 Å². The van der Waals surface area contributed by atoms with E-state index in [4.69, 9.17) is 0 Å². The SMILES string of the molecule is CN(C)C(=O)Cn1ccc2c1CC(C)(C)CC2O. The number of carbonyl (C=O) groups excluding carboxylic acids is 1. The summed E-state index contributed by atoms with van der Waals surface area (Å²) in [4.78, 5) is 13.4. The van der Waals surface area contributed by atoms with Gasteiger partial charge in [-0.05, 0) is 24.3 Å². The first kappa shape index (κ1) is 13.1. The van der Waals surface area contributed by atoms with Gasteiger partial charge in [0.1, 0.15) is 6.54 Å². The second-order valence-electron chi connectivity index (χ2n) is 6.19. The Hall–Kier alpha value is -1.29. The second-order valence-corrected chi connectivity index (χ2v) is 6.19. The third kappa shape index (κ3) is 2.43. The minimum atomic E-state index is -0.403. The van der Waals surface area contributed by atoms with E-state index in [0.29, 0.717) is 6.54 Å². The van der Waals surface area contributed by atoms with Crippen LogP contribution >= 0.6 is 0 Å². The third-order valence-corrected chi connectivity index (χ3v) is 3.67. The van der Waals surface area contributed by atoms with Gasteiger partial charge in [0.2, 0.25) is 5.91 Å². The molecule has 0 saturated carbocycles. The first-order chi connectivity index (χ1) is 8.30.